The zero-order valence-electron chi connectivity index (χ0n) is 11.0. The van der Waals surface area contributed by atoms with Gasteiger partial charge in [0.2, 0.25) is 0 Å². The van der Waals surface area contributed by atoms with E-state index in [-0.39, 0.29) is 12.0 Å². The first-order valence-corrected chi connectivity index (χ1v) is 6.47. The van der Waals surface area contributed by atoms with Crippen LogP contribution in [0.4, 0.5) is 0 Å². The number of aromatic nitrogens is 1. The standard InChI is InChI=1S/C13H20N4O2/c1-9(18)10-5-6-17(7-10)8-11-3-2-4-12(15-11)13(19)16-14/h2-4,9-10,18H,5-8,14H2,1H3,(H,16,19). The van der Waals surface area contributed by atoms with Gasteiger partial charge in [-0.15, -0.1) is 0 Å². The summed E-state index contributed by atoms with van der Waals surface area (Å²) in [7, 11) is 0. The second-order valence-electron chi connectivity index (χ2n) is 5.01. The van der Waals surface area contributed by atoms with E-state index in [1.807, 2.05) is 13.0 Å². The van der Waals surface area contributed by atoms with E-state index in [9.17, 15) is 9.90 Å². The highest BCUT2D eigenvalue weighted by Crippen LogP contribution is 2.21. The van der Waals surface area contributed by atoms with E-state index in [0.29, 0.717) is 18.2 Å². The molecule has 4 N–H and O–H groups in total. The molecule has 6 heteroatoms. The molecule has 1 fully saturated rings. The minimum Gasteiger partial charge on any atom is -0.393 e. The smallest absolute Gasteiger partial charge is 0.283 e. The lowest BCUT2D eigenvalue weighted by molar-refractivity contribution is 0.0948. The average Bonchev–Trinajstić information content (AvgIpc) is 2.87. The maximum atomic E-state index is 11.4. The van der Waals surface area contributed by atoms with E-state index in [1.165, 1.54) is 0 Å². The van der Waals surface area contributed by atoms with Gasteiger partial charge in [0.25, 0.3) is 5.91 Å². The van der Waals surface area contributed by atoms with Gasteiger partial charge in [0.15, 0.2) is 0 Å². The van der Waals surface area contributed by atoms with E-state index in [0.717, 1.165) is 25.2 Å². The van der Waals surface area contributed by atoms with E-state index < -0.39 is 0 Å². The number of carbonyl (C=O) groups is 1. The Morgan fingerprint density at radius 2 is 2.47 bits per heavy atom. The Kier molecular flexibility index (Phi) is 4.47. The predicted molar refractivity (Wildman–Crippen MR) is 71.0 cm³/mol. The van der Waals surface area contributed by atoms with E-state index >= 15 is 0 Å². The molecular formula is C13H20N4O2. The van der Waals surface area contributed by atoms with E-state index in [4.69, 9.17) is 5.84 Å². The highest BCUT2D eigenvalue weighted by molar-refractivity contribution is 5.91. The zero-order valence-corrected chi connectivity index (χ0v) is 11.0. The number of pyridine rings is 1. The third kappa shape index (κ3) is 3.50. The molecule has 19 heavy (non-hydrogen) atoms. The van der Waals surface area contributed by atoms with Crippen LogP contribution in [0.5, 0.6) is 0 Å². The lowest BCUT2D eigenvalue weighted by Crippen LogP contribution is -2.31. The Labute approximate surface area is 112 Å². The molecule has 2 unspecified atom stereocenters. The molecule has 1 aromatic heterocycles. The number of nitrogens with two attached hydrogens (primary N) is 1. The normalized spacial score (nSPS) is 21.3. The van der Waals surface area contributed by atoms with Gasteiger partial charge >= 0.3 is 0 Å². The van der Waals surface area contributed by atoms with E-state index in [2.05, 4.69) is 15.3 Å². The Bertz CT molecular complexity index is 450. The lowest BCUT2D eigenvalue weighted by Gasteiger charge is -2.17. The molecule has 104 valence electrons. The molecule has 0 aliphatic carbocycles. The number of amides is 1. The van der Waals surface area contributed by atoms with Crippen LogP contribution in [0.1, 0.15) is 29.5 Å². The van der Waals surface area contributed by atoms with Gasteiger partial charge in [-0.25, -0.2) is 10.8 Å². The van der Waals surface area contributed by atoms with Crippen LogP contribution >= 0.6 is 0 Å². The van der Waals surface area contributed by atoms with Gasteiger partial charge in [-0.3, -0.25) is 15.1 Å². The summed E-state index contributed by atoms with van der Waals surface area (Å²) in [4.78, 5) is 17.9. The van der Waals surface area contributed by atoms with Crippen molar-refractivity contribution in [2.45, 2.75) is 26.0 Å². The Morgan fingerprint density at radius 1 is 1.68 bits per heavy atom. The van der Waals surface area contributed by atoms with Gasteiger partial charge in [0, 0.05) is 13.1 Å². The predicted octanol–water partition coefficient (Wildman–Crippen LogP) is -0.112. The number of hydrazine groups is 1. The number of nitrogens with zero attached hydrogens (tertiary/aromatic N) is 2. The molecule has 0 saturated carbocycles. The summed E-state index contributed by atoms with van der Waals surface area (Å²) in [5.41, 5.74) is 3.24. The number of nitrogen functional groups attached to an aromatic ring is 1. The number of aliphatic hydroxyl groups is 1. The highest BCUT2D eigenvalue weighted by atomic mass is 16.3. The van der Waals surface area contributed by atoms with Crippen LogP contribution in [0.3, 0.4) is 0 Å². The number of carbonyl (C=O) groups excluding carboxylic acids is 1. The number of aliphatic hydroxyl groups excluding tert-OH is 1. The molecule has 1 aromatic rings. The molecular weight excluding hydrogens is 244 g/mol. The first-order chi connectivity index (χ1) is 9.10. The maximum absolute atomic E-state index is 11.4. The van der Waals surface area contributed by atoms with Crippen LogP contribution in [0.15, 0.2) is 18.2 Å². The van der Waals surface area contributed by atoms with Crippen LogP contribution in [-0.4, -0.2) is 40.1 Å². The number of hydrogen-bond donors (Lipinski definition) is 3. The second-order valence-corrected chi connectivity index (χ2v) is 5.01. The molecule has 2 rings (SSSR count). The van der Waals surface area contributed by atoms with Crippen molar-refractivity contribution in [3.8, 4) is 0 Å². The quantitative estimate of drug-likeness (QED) is 0.401. The summed E-state index contributed by atoms with van der Waals surface area (Å²) in [5.74, 6) is 5.04. The van der Waals surface area contributed by atoms with Crippen LogP contribution in [0.2, 0.25) is 0 Å². The summed E-state index contributed by atoms with van der Waals surface area (Å²) in [6.45, 7) is 4.34. The Hall–Kier alpha value is -1.50. The molecule has 0 bridgehead atoms. The van der Waals surface area contributed by atoms with Crippen molar-refractivity contribution in [1.29, 1.82) is 0 Å². The van der Waals surface area contributed by atoms with Gasteiger partial charge in [-0.1, -0.05) is 6.07 Å². The van der Waals surface area contributed by atoms with Gasteiger partial charge in [0.1, 0.15) is 5.69 Å². The Morgan fingerprint density at radius 3 is 3.11 bits per heavy atom. The summed E-state index contributed by atoms with van der Waals surface area (Å²) in [6.07, 6.45) is 0.730. The first kappa shape index (κ1) is 13.9. The fourth-order valence-corrected chi connectivity index (χ4v) is 2.40. The number of nitrogens with one attached hydrogen (secondary N) is 1. The topological polar surface area (TPSA) is 91.5 Å². The molecule has 1 aliphatic rings. The summed E-state index contributed by atoms with van der Waals surface area (Å²) in [6, 6.07) is 5.33. The second kappa shape index (κ2) is 6.10. The molecule has 2 atom stereocenters. The average molecular weight is 264 g/mol. The molecule has 0 aromatic carbocycles. The summed E-state index contributed by atoms with van der Waals surface area (Å²) in [5, 5.41) is 9.58. The largest absolute Gasteiger partial charge is 0.393 e. The van der Waals surface area contributed by atoms with Crippen LogP contribution < -0.4 is 11.3 Å². The van der Waals surface area contributed by atoms with Crippen LogP contribution in [-0.2, 0) is 6.54 Å². The van der Waals surface area contributed by atoms with Crippen molar-refractivity contribution in [2.75, 3.05) is 13.1 Å². The summed E-state index contributed by atoms with van der Waals surface area (Å²) >= 11 is 0. The Balaban J connectivity index is 1.98. The van der Waals surface area contributed by atoms with Gasteiger partial charge < -0.3 is 5.11 Å². The fraction of sp³-hybridized carbons (Fsp3) is 0.538. The minimum absolute atomic E-state index is 0.271. The molecule has 0 radical (unpaired) electrons. The first-order valence-electron chi connectivity index (χ1n) is 6.47. The van der Waals surface area contributed by atoms with Crippen LogP contribution in [0.25, 0.3) is 0 Å². The number of hydrogen-bond acceptors (Lipinski definition) is 5. The third-order valence-electron chi connectivity index (χ3n) is 3.55. The molecule has 1 aliphatic heterocycles. The van der Waals surface area contributed by atoms with E-state index in [1.54, 1.807) is 12.1 Å². The van der Waals surface area contributed by atoms with Crippen molar-refractivity contribution >= 4 is 5.91 Å². The monoisotopic (exact) mass is 264 g/mol. The zero-order chi connectivity index (χ0) is 13.8. The van der Waals surface area contributed by atoms with Crippen molar-refractivity contribution in [2.24, 2.45) is 11.8 Å². The molecule has 2 heterocycles. The minimum atomic E-state index is -0.384. The third-order valence-corrected chi connectivity index (χ3v) is 3.55. The molecule has 1 saturated heterocycles. The number of rotatable bonds is 4. The van der Waals surface area contributed by atoms with Crippen molar-refractivity contribution in [3.63, 3.8) is 0 Å². The highest BCUT2D eigenvalue weighted by Gasteiger charge is 2.26. The van der Waals surface area contributed by atoms with Crippen molar-refractivity contribution < 1.29 is 9.90 Å². The SMILES string of the molecule is CC(O)C1CCN(Cc2cccc(C(=O)NN)n2)C1. The maximum Gasteiger partial charge on any atom is 0.283 e. The van der Waals surface area contributed by atoms with Gasteiger partial charge in [-0.2, -0.15) is 0 Å². The molecule has 1 amide bonds. The summed E-state index contributed by atoms with van der Waals surface area (Å²) < 4.78 is 0. The van der Waals surface area contributed by atoms with Crippen molar-refractivity contribution in [3.05, 3.63) is 29.6 Å². The molecule has 0 spiro atoms. The number of likely N-dealkylation sites (tertiary alicyclic amines) is 1. The van der Waals surface area contributed by atoms with Crippen molar-refractivity contribution in [1.82, 2.24) is 15.3 Å². The molecule has 6 nitrogen and oxygen atoms in total. The lowest BCUT2D eigenvalue weighted by atomic mass is 10.0. The van der Waals surface area contributed by atoms with Gasteiger partial charge in [-0.05, 0) is 37.9 Å². The van der Waals surface area contributed by atoms with Crippen LogP contribution in [0, 0.1) is 5.92 Å². The van der Waals surface area contributed by atoms with Gasteiger partial charge in [0.05, 0.1) is 11.8 Å². The fourth-order valence-electron chi connectivity index (χ4n) is 2.40.